The van der Waals surface area contributed by atoms with Crippen molar-refractivity contribution < 1.29 is 13.9 Å². The molecule has 29 heavy (non-hydrogen) atoms. The number of rotatable bonds is 7. The van der Waals surface area contributed by atoms with Crippen LogP contribution in [-0.2, 0) is 16.1 Å². The minimum Gasteiger partial charge on any atom is -0.383 e. The summed E-state index contributed by atoms with van der Waals surface area (Å²) in [5, 5.41) is 0. The molecule has 2 heterocycles. The predicted octanol–water partition coefficient (Wildman–Crippen LogP) is 4.03. The molecule has 0 aliphatic carbocycles. The molecule has 154 valence electrons. The quantitative estimate of drug-likeness (QED) is 0.709. The van der Waals surface area contributed by atoms with E-state index in [1.807, 2.05) is 12.1 Å². The van der Waals surface area contributed by atoms with Crippen molar-refractivity contribution in [1.82, 2.24) is 9.80 Å². The van der Waals surface area contributed by atoms with Crippen LogP contribution >= 0.6 is 0 Å². The van der Waals surface area contributed by atoms with Crippen LogP contribution in [0.15, 0.2) is 54.6 Å². The second-order valence-corrected chi connectivity index (χ2v) is 8.06. The number of halogens is 1. The molecule has 0 aromatic heterocycles. The summed E-state index contributed by atoms with van der Waals surface area (Å²) in [6.45, 7) is 2.25. The van der Waals surface area contributed by atoms with Gasteiger partial charge in [0.25, 0.3) is 0 Å². The molecule has 5 heteroatoms. The van der Waals surface area contributed by atoms with E-state index in [2.05, 4.69) is 29.2 Å². The Kier molecular flexibility index (Phi) is 6.26. The van der Waals surface area contributed by atoms with E-state index in [9.17, 15) is 9.18 Å². The fourth-order valence-corrected chi connectivity index (χ4v) is 4.97. The highest BCUT2D eigenvalue weighted by Gasteiger charge is 2.48. The SMILES string of the molecule is COCCN(Cc1ccccc1F)C(=O)[C@@H]1C[C@H](c2ccccc2)N2CCC[C@@H]12. The van der Waals surface area contributed by atoms with Gasteiger partial charge in [-0.05, 0) is 37.4 Å². The Balaban J connectivity index is 1.55. The minimum absolute atomic E-state index is 0.0497. The van der Waals surface area contributed by atoms with Crippen LogP contribution in [0.2, 0.25) is 0 Å². The fourth-order valence-electron chi connectivity index (χ4n) is 4.97. The maximum atomic E-state index is 14.2. The number of benzene rings is 2. The van der Waals surface area contributed by atoms with Crippen LogP contribution in [0.1, 0.15) is 36.4 Å². The largest absolute Gasteiger partial charge is 0.383 e. The third kappa shape index (κ3) is 4.21. The first-order valence-electron chi connectivity index (χ1n) is 10.5. The van der Waals surface area contributed by atoms with E-state index in [4.69, 9.17) is 4.74 Å². The summed E-state index contributed by atoms with van der Waals surface area (Å²) in [7, 11) is 1.63. The van der Waals surface area contributed by atoms with E-state index in [-0.39, 0.29) is 36.3 Å². The van der Waals surface area contributed by atoms with Crippen LogP contribution < -0.4 is 0 Å². The maximum absolute atomic E-state index is 14.2. The van der Waals surface area contributed by atoms with E-state index < -0.39 is 0 Å². The van der Waals surface area contributed by atoms with Gasteiger partial charge in [-0.1, -0.05) is 48.5 Å². The molecule has 2 fully saturated rings. The maximum Gasteiger partial charge on any atom is 0.227 e. The molecule has 2 aliphatic heterocycles. The summed E-state index contributed by atoms with van der Waals surface area (Å²) in [5.74, 6) is -0.189. The number of ether oxygens (including phenoxy) is 1. The molecular weight excluding hydrogens is 367 g/mol. The Morgan fingerprint density at radius 3 is 2.69 bits per heavy atom. The van der Waals surface area contributed by atoms with Crippen molar-refractivity contribution in [2.75, 3.05) is 26.8 Å². The third-order valence-electron chi connectivity index (χ3n) is 6.38. The lowest BCUT2D eigenvalue weighted by atomic mass is 9.93. The molecular formula is C24H29FN2O2. The number of nitrogens with zero attached hydrogens (tertiary/aromatic N) is 2. The van der Waals surface area contributed by atoms with Gasteiger partial charge in [-0.15, -0.1) is 0 Å². The Morgan fingerprint density at radius 1 is 1.17 bits per heavy atom. The second kappa shape index (κ2) is 9.06. The number of fused-ring (bicyclic) bond motifs is 1. The van der Waals surface area contributed by atoms with Crippen molar-refractivity contribution in [3.05, 3.63) is 71.5 Å². The lowest BCUT2D eigenvalue weighted by molar-refractivity contribution is -0.137. The van der Waals surface area contributed by atoms with Crippen LogP contribution in [0.4, 0.5) is 4.39 Å². The highest BCUT2D eigenvalue weighted by atomic mass is 19.1. The molecule has 3 atom stereocenters. The molecule has 4 rings (SSSR count). The van der Waals surface area contributed by atoms with E-state index in [0.717, 1.165) is 25.8 Å². The van der Waals surface area contributed by atoms with Crippen LogP contribution in [-0.4, -0.2) is 48.6 Å². The van der Waals surface area contributed by atoms with E-state index in [1.54, 1.807) is 24.1 Å². The molecule has 0 unspecified atom stereocenters. The lowest BCUT2D eigenvalue weighted by Crippen LogP contribution is -2.41. The monoisotopic (exact) mass is 396 g/mol. The van der Waals surface area contributed by atoms with Crippen molar-refractivity contribution in [2.24, 2.45) is 5.92 Å². The van der Waals surface area contributed by atoms with E-state index in [1.165, 1.54) is 11.6 Å². The molecule has 1 amide bonds. The molecule has 0 radical (unpaired) electrons. The van der Waals surface area contributed by atoms with Gasteiger partial charge in [0.1, 0.15) is 5.82 Å². The predicted molar refractivity (Wildman–Crippen MR) is 111 cm³/mol. The number of carbonyl (C=O) groups is 1. The van der Waals surface area contributed by atoms with Crippen molar-refractivity contribution in [3.63, 3.8) is 0 Å². The van der Waals surface area contributed by atoms with E-state index >= 15 is 0 Å². The number of carbonyl (C=O) groups excluding carboxylic acids is 1. The number of hydrogen-bond acceptors (Lipinski definition) is 3. The molecule has 2 aromatic rings. The zero-order chi connectivity index (χ0) is 20.2. The van der Waals surface area contributed by atoms with Crippen LogP contribution in [0, 0.1) is 11.7 Å². The topological polar surface area (TPSA) is 32.8 Å². The molecule has 0 N–H and O–H groups in total. The van der Waals surface area contributed by atoms with Gasteiger partial charge in [0.2, 0.25) is 5.91 Å². The van der Waals surface area contributed by atoms with Gasteiger partial charge in [0.05, 0.1) is 12.5 Å². The average molecular weight is 397 g/mol. The Labute approximate surface area is 172 Å². The average Bonchev–Trinajstić information content (AvgIpc) is 3.35. The summed E-state index contributed by atoms with van der Waals surface area (Å²) in [6.07, 6.45) is 3.01. The van der Waals surface area contributed by atoms with Gasteiger partial charge >= 0.3 is 0 Å². The Hall–Kier alpha value is -2.24. The summed E-state index contributed by atoms with van der Waals surface area (Å²) in [5.41, 5.74) is 1.84. The summed E-state index contributed by atoms with van der Waals surface area (Å²) >= 11 is 0. The molecule has 2 aromatic carbocycles. The molecule has 4 nitrogen and oxygen atoms in total. The molecule has 0 bridgehead atoms. The molecule has 2 aliphatic rings. The molecule has 2 saturated heterocycles. The highest BCUT2D eigenvalue weighted by Crippen LogP contribution is 2.45. The van der Waals surface area contributed by atoms with Gasteiger partial charge < -0.3 is 9.64 Å². The van der Waals surface area contributed by atoms with Gasteiger partial charge in [0, 0.05) is 37.8 Å². The first kappa shape index (κ1) is 20.0. The Bertz CT molecular complexity index is 829. The van der Waals surface area contributed by atoms with E-state index in [0.29, 0.717) is 18.7 Å². The van der Waals surface area contributed by atoms with Crippen molar-refractivity contribution in [3.8, 4) is 0 Å². The number of amides is 1. The zero-order valence-corrected chi connectivity index (χ0v) is 17.0. The van der Waals surface area contributed by atoms with Crippen LogP contribution in [0.3, 0.4) is 0 Å². The first-order valence-corrected chi connectivity index (χ1v) is 10.5. The normalized spacial score (nSPS) is 23.9. The minimum atomic E-state index is -0.265. The van der Waals surface area contributed by atoms with Crippen molar-refractivity contribution >= 4 is 5.91 Å². The van der Waals surface area contributed by atoms with Crippen molar-refractivity contribution in [1.29, 1.82) is 0 Å². The van der Waals surface area contributed by atoms with Crippen molar-refractivity contribution in [2.45, 2.75) is 37.9 Å². The third-order valence-corrected chi connectivity index (χ3v) is 6.38. The van der Waals surface area contributed by atoms with Crippen LogP contribution in [0.5, 0.6) is 0 Å². The van der Waals surface area contributed by atoms with Gasteiger partial charge in [-0.25, -0.2) is 4.39 Å². The Morgan fingerprint density at radius 2 is 1.93 bits per heavy atom. The first-order chi connectivity index (χ1) is 14.2. The van der Waals surface area contributed by atoms with Crippen LogP contribution in [0.25, 0.3) is 0 Å². The second-order valence-electron chi connectivity index (χ2n) is 8.06. The summed E-state index contributed by atoms with van der Waals surface area (Å²) < 4.78 is 19.5. The lowest BCUT2D eigenvalue weighted by Gasteiger charge is -2.28. The summed E-state index contributed by atoms with van der Waals surface area (Å²) in [6, 6.07) is 17.8. The standard InChI is InChI=1S/C24H29FN2O2/c1-29-15-14-26(17-19-10-5-6-11-21(19)25)24(28)20-16-23(18-8-3-2-4-9-18)27-13-7-12-22(20)27/h2-6,8-11,20,22-23H,7,12-17H2,1H3/t20-,22+,23-/m1/s1. The smallest absolute Gasteiger partial charge is 0.227 e. The van der Waals surface area contributed by atoms with Gasteiger partial charge in [-0.3, -0.25) is 9.69 Å². The number of hydrogen-bond donors (Lipinski definition) is 0. The fraction of sp³-hybridized carbons (Fsp3) is 0.458. The highest BCUT2D eigenvalue weighted by molar-refractivity contribution is 5.80. The zero-order valence-electron chi connectivity index (χ0n) is 17.0. The summed E-state index contributed by atoms with van der Waals surface area (Å²) in [4.78, 5) is 17.9. The molecule has 0 spiro atoms. The van der Waals surface area contributed by atoms with Gasteiger partial charge in [-0.2, -0.15) is 0 Å². The molecule has 0 saturated carbocycles. The van der Waals surface area contributed by atoms with Gasteiger partial charge in [0.15, 0.2) is 0 Å². The number of methoxy groups -OCH3 is 1.